The molecule has 0 unspecified atom stereocenters. The van der Waals surface area contributed by atoms with Crippen LogP contribution >= 0.6 is 0 Å². The molecule has 1 rings (SSSR count). The van der Waals surface area contributed by atoms with Gasteiger partial charge in [0.1, 0.15) is 5.75 Å². The van der Waals surface area contributed by atoms with Gasteiger partial charge in [0.05, 0.1) is 19.3 Å². The van der Waals surface area contributed by atoms with Gasteiger partial charge in [0.15, 0.2) is 0 Å². The Bertz CT molecular complexity index is 299. The lowest BCUT2D eigenvalue weighted by Crippen LogP contribution is -2.21. The Morgan fingerprint density at radius 1 is 1.77 bits per heavy atom. The molecule has 0 fully saturated rings. The van der Waals surface area contributed by atoms with Gasteiger partial charge in [-0.1, -0.05) is 0 Å². The van der Waals surface area contributed by atoms with Gasteiger partial charge in [-0.25, -0.2) is 0 Å². The number of methoxy groups -OCH3 is 1. The maximum atomic E-state index is 10.9. The molecule has 1 amide bonds. The molecule has 0 saturated heterocycles. The van der Waals surface area contributed by atoms with Gasteiger partial charge >= 0.3 is 0 Å². The van der Waals surface area contributed by atoms with Crippen LogP contribution in [-0.4, -0.2) is 19.6 Å². The minimum Gasteiger partial charge on any atom is -0.497 e. The zero-order valence-electron chi connectivity index (χ0n) is 7.33. The molecule has 0 saturated carbocycles. The van der Waals surface area contributed by atoms with Crippen LogP contribution < -0.4 is 15.8 Å². The van der Waals surface area contributed by atoms with E-state index in [2.05, 4.69) is 11.4 Å². The first-order valence-corrected chi connectivity index (χ1v) is 3.82. The van der Waals surface area contributed by atoms with Gasteiger partial charge in [0, 0.05) is 12.1 Å². The largest absolute Gasteiger partial charge is 0.497 e. The van der Waals surface area contributed by atoms with Crippen molar-refractivity contribution in [2.75, 3.05) is 19.0 Å². The number of hydrogen-bond acceptors (Lipinski definition) is 3. The number of carbonyl (C=O) groups excluding carboxylic acids is 1. The molecule has 3 N–H and O–H groups in total. The van der Waals surface area contributed by atoms with E-state index in [0.717, 1.165) is 0 Å². The predicted molar refractivity (Wildman–Crippen MR) is 49.5 cm³/mol. The van der Waals surface area contributed by atoms with E-state index in [4.69, 9.17) is 10.5 Å². The van der Waals surface area contributed by atoms with E-state index in [0.29, 0.717) is 11.4 Å². The molecular formula is C9H11N2O2. The standard InChI is InChI=1S/C9H11N2O2/c1-13-8-4-2-3-7(5-8)11-9(12)6-10/h2,4-5H,6,10H2,1H3,(H,11,12). The van der Waals surface area contributed by atoms with E-state index in [-0.39, 0.29) is 12.5 Å². The van der Waals surface area contributed by atoms with Crippen LogP contribution in [0.15, 0.2) is 18.2 Å². The predicted octanol–water partition coefficient (Wildman–Crippen LogP) is 0.393. The lowest BCUT2D eigenvalue weighted by molar-refractivity contribution is -0.114. The molecule has 0 bridgehead atoms. The lowest BCUT2D eigenvalue weighted by Gasteiger charge is -2.04. The Balaban J connectivity index is 2.71. The fourth-order valence-corrected chi connectivity index (χ4v) is 0.846. The average molecular weight is 179 g/mol. The Morgan fingerprint density at radius 2 is 2.54 bits per heavy atom. The van der Waals surface area contributed by atoms with E-state index in [1.54, 1.807) is 25.3 Å². The normalized spacial score (nSPS) is 9.38. The highest BCUT2D eigenvalue weighted by Crippen LogP contribution is 2.15. The van der Waals surface area contributed by atoms with Crippen molar-refractivity contribution in [3.05, 3.63) is 24.3 Å². The Labute approximate surface area is 76.7 Å². The maximum absolute atomic E-state index is 10.9. The zero-order valence-corrected chi connectivity index (χ0v) is 7.33. The zero-order chi connectivity index (χ0) is 9.68. The SMILES string of the molecule is COc1cc[c]c(NC(=O)CN)c1. The van der Waals surface area contributed by atoms with Crippen molar-refractivity contribution < 1.29 is 9.53 Å². The summed E-state index contributed by atoms with van der Waals surface area (Å²) in [6, 6.07) is 7.93. The molecular weight excluding hydrogens is 168 g/mol. The summed E-state index contributed by atoms with van der Waals surface area (Å²) in [6.45, 7) is -0.0367. The van der Waals surface area contributed by atoms with Crippen LogP contribution in [0.3, 0.4) is 0 Å². The quantitative estimate of drug-likeness (QED) is 0.705. The Kier molecular flexibility index (Phi) is 3.28. The molecule has 0 aliphatic rings. The number of amides is 1. The van der Waals surface area contributed by atoms with Crippen molar-refractivity contribution in [3.8, 4) is 5.75 Å². The van der Waals surface area contributed by atoms with Gasteiger partial charge in [0.2, 0.25) is 5.91 Å². The molecule has 1 radical (unpaired) electrons. The second-order valence-electron chi connectivity index (χ2n) is 2.39. The number of carbonyl (C=O) groups is 1. The second kappa shape index (κ2) is 4.47. The molecule has 69 valence electrons. The second-order valence-corrected chi connectivity index (χ2v) is 2.39. The minimum atomic E-state index is -0.246. The van der Waals surface area contributed by atoms with Crippen LogP contribution in [-0.2, 0) is 4.79 Å². The van der Waals surface area contributed by atoms with Crippen LogP contribution in [0.5, 0.6) is 5.75 Å². The monoisotopic (exact) mass is 179 g/mol. The van der Waals surface area contributed by atoms with Gasteiger partial charge in [-0.3, -0.25) is 4.79 Å². The summed E-state index contributed by atoms with van der Waals surface area (Å²) in [5.41, 5.74) is 5.70. The average Bonchev–Trinajstić information content (AvgIpc) is 2.18. The highest BCUT2D eigenvalue weighted by Gasteiger charge is 1.99. The van der Waals surface area contributed by atoms with Gasteiger partial charge < -0.3 is 15.8 Å². The van der Waals surface area contributed by atoms with E-state index < -0.39 is 0 Å². The number of benzene rings is 1. The molecule has 4 nitrogen and oxygen atoms in total. The first-order chi connectivity index (χ1) is 6.26. The lowest BCUT2D eigenvalue weighted by atomic mass is 10.3. The van der Waals surface area contributed by atoms with Gasteiger partial charge in [-0.2, -0.15) is 0 Å². The molecule has 0 atom stereocenters. The number of rotatable bonds is 3. The molecule has 1 aromatic rings. The van der Waals surface area contributed by atoms with E-state index in [1.165, 1.54) is 0 Å². The van der Waals surface area contributed by atoms with Crippen LogP contribution in [0.2, 0.25) is 0 Å². The van der Waals surface area contributed by atoms with Crippen LogP contribution in [0.4, 0.5) is 5.69 Å². The molecule has 1 aromatic carbocycles. The summed E-state index contributed by atoms with van der Waals surface area (Å²) in [4.78, 5) is 10.9. The van der Waals surface area contributed by atoms with Gasteiger partial charge in [0.25, 0.3) is 0 Å². The third kappa shape index (κ3) is 2.76. The number of nitrogens with two attached hydrogens (primary N) is 1. The molecule has 0 aromatic heterocycles. The molecule has 0 heterocycles. The first-order valence-electron chi connectivity index (χ1n) is 3.82. The van der Waals surface area contributed by atoms with Crippen LogP contribution in [0.25, 0.3) is 0 Å². The summed E-state index contributed by atoms with van der Waals surface area (Å²) >= 11 is 0. The molecule has 13 heavy (non-hydrogen) atoms. The minimum absolute atomic E-state index is 0.0367. The fourth-order valence-electron chi connectivity index (χ4n) is 0.846. The highest BCUT2D eigenvalue weighted by molar-refractivity contribution is 5.92. The Morgan fingerprint density at radius 3 is 3.15 bits per heavy atom. The summed E-state index contributed by atoms with van der Waals surface area (Å²) in [5.74, 6) is 0.426. The number of ether oxygens (including phenoxy) is 1. The van der Waals surface area contributed by atoms with Crippen molar-refractivity contribution in [2.24, 2.45) is 5.73 Å². The summed E-state index contributed by atoms with van der Waals surface area (Å²) in [7, 11) is 1.56. The molecule has 0 aliphatic carbocycles. The summed E-state index contributed by atoms with van der Waals surface area (Å²) < 4.78 is 4.97. The van der Waals surface area contributed by atoms with E-state index in [1.807, 2.05) is 0 Å². The van der Waals surface area contributed by atoms with Crippen LogP contribution in [0.1, 0.15) is 0 Å². The van der Waals surface area contributed by atoms with Crippen molar-refractivity contribution in [2.45, 2.75) is 0 Å². The smallest absolute Gasteiger partial charge is 0.238 e. The highest BCUT2D eigenvalue weighted by atomic mass is 16.5. The topological polar surface area (TPSA) is 64.3 Å². The van der Waals surface area contributed by atoms with Crippen molar-refractivity contribution >= 4 is 11.6 Å². The third-order valence-corrected chi connectivity index (χ3v) is 1.47. The molecule has 0 spiro atoms. The van der Waals surface area contributed by atoms with Gasteiger partial charge in [-0.15, -0.1) is 0 Å². The number of hydrogen-bond donors (Lipinski definition) is 2. The summed E-state index contributed by atoms with van der Waals surface area (Å²) in [5, 5.41) is 2.57. The fraction of sp³-hybridized carbons (Fsp3) is 0.222. The van der Waals surface area contributed by atoms with E-state index >= 15 is 0 Å². The first kappa shape index (κ1) is 9.54. The third-order valence-electron chi connectivity index (χ3n) is 1.47. The van der Waals surface area contributed by atoms with Gasteiger partial charge in [-0.05, 0) is 12.1 Å². The van der Waals surface area contributed by atoms with Crippen LogP contribution in [0, 0.1) is 6.07 Å². The maximum Gasteiger partial charge on any atom is 0.238 e. The van der Waals surface area contributed by atoms with E-state index in [9.17, 15) is 4.79 Å². The molecule has 0 aliphatic heterocycles. The molecule has 4 heteroatoms. The Hall–Kier alpha value is -1.55. The van der Waals surface area contributed by atoms with Crippen molar-refractivity contribution in [1.29, 1.82) is 0 Å². The number of anilines is 1. The summed E-state index contributed by atoms with van der Waals surface area (Å²) in [6.07, 6.45) is 0. The number of nitrogens with one attached hydrogen (secondary N) is 1. The van der Waals surface area contributed by atoms with Crippen molar-refractivity contribution in [1.82, 2.24) is 0 Å². The van der Waals surface area contributed by atoms with Crippen molar-refractivity contribution in [3.63, 3.8) is 0 Å².